The van der Waals surface area contributed by atoms with Crippen molar-refractivity contribution in [2.75, 3.05) is 18.4 Å². The number of hydrogen-bond donors (Lipinski definition) is 3. The summed E-state index contributed by atoms with van der Waals surface area (Å²) in [6, 6.07) is 6.83. The number of carbonyl (C=O) groups is 1. The Morgan fingerprint density at radius 2 is 2.18 bits per heavy atom. The fourth-order valence-electron chi connectivity index (χ4n) is 1.73. The van der Waals surface area contributed by atoms with Gasteiger partial charge in [0.15, 0.2) is 0 Å². The van der Waals surface area contributed by atoms with E-state index in [-0.39, 0.29) is 5.56 Å². The molecule has 5 heteroatoms. The average Bonchev–Trinajstić information content (AvgIpc) is 2.35. The third kappa shape index (κ3) is 2.19. The van der Waals surface area contributed by atoms with Gasteiger partial charge in [-0.2, -0.15) is 0 Å². The molecule has 0 aliphatic heterocycles. The summed E-state index contributed by atoms with van der Waals surface area (Å²) in [4.78, 5) is 15.3. The molecule has 5 nitrogen and oxygen atoms in total. The summed E-state index contributed by atoms with van der Waals surface area (Å²) in [6.45, 7) is 1.10. The van der Waals surface area contributed by atoms with Crippen molar-refractivity contribution >= 4 is 22.6 Å². The zero-order chi connectivity index (χ0) is 12.3. The first kappa shape index (κ1) is 11.3. The highest BCUT2D eigenvalue weighted by Gasteiger charge is 2.10. The van der Waals surface area contributed by atoms with E-state index < -0.39 is 5.97 Å². The zero-order valence-corrected chi connectivity index (χ0v) is 9.18. The van der Waals surface area contributed by atoms with Crippen LogP contribution in [0.5, 0.6) is 0 Å². The van der Waals surface area contributed by atoms with Gasteiger partial charge in [0.25, 0.3) is 0 Å². The normalized spacial score (nSPS) is 10.4. The summed E-state index contributed by atoms with van der Waals surface area (Å²) < 4.78 is 0. The molecule has 0 atom stereocenters. The molecule has 1 aromatic heterocycles. The molecular formula is C12H13N3O2. The van der Waals surface area contributed by atoms with Gasteiger partial charge >= 0.3 is 5.97 Å². The van der Waals surface area contributed by atoms with Gasteiger partial charge < -0.3 is 16.2 Å². The van der Waals surface area contributed by atoms with Crippen molar-refractivity contribution in [1.82, 2.24) is 4.98 Å². The molecule has 1 aromatic carbocycles. The number of carboxylic acid groups (broad SMARTS) is 1. The Morgan fingerprint density at radius 3 is 2.88 bits per heavy atom. The lowest BCUT2D eigenvalue weighted by Crippen LogP contribution is -2.14. The predicted octanol–water partition coefficient (Wildman–Crippen LogP) is 1.30. The molecule has 0 aliphatic carbocycles. The number of anilines is 1. The van der Waals surface area contributed by atoms with Gasteiger partial charge in [-0.15, -0.1) is 0 Å². The molecule has 2 aromatic rings. The fraction of sp³-hybridized carbons (Fsp3) is 0.167. The SMILES string of the molecule is NCCNc1nccc2c(C(=O)O)cccc12. The van der Waals surface area contributed by atoms with Crippen molar-refractivity contribution < 1.29 is 9.90 Å². The molecule has 0 saturated carbocycles. The Bertz CT molecular complexity index is 554. The molecule has 17 heavy (non-hydrogen) atoms. The van der Waals surface area contributed by atoms with Crippen LogP contribution in [0.1, 0.15) is 10.4 Å². The van der Waals surface area contributed by atoms with Crippen LogP contribution in [0, 0.1) is 0 Å². The number of benzene rings is 1. The standard InChI is InChI=1S/C12H13N3O2/c13-5-7-15-11-9-2-1-3-10(12(16)17)8(9)4-6-14-11/h1-4,6H,5,7,13H2,(H,14,15)(H,16,17). The number of aromatic carboxylic acids is 1. The molecule has 0 aliphatic rings. The van der Waals surface area contributed by atoms with Crippen molar-refractivity contribution in [3.63, 3.8) is 0 Å². The van der Waals surface area contributed by atoms with E-state index in [1.165, 1.54) is 0 Å². The first-order chi connectivity index (χ1) is 8.24. The summed E-state index contributed by atoms with van der Waals surface area (Å²) in [5.41, 5.74) is 5.69. The molecule has 0 saturated heterocycles. The largest absolute Gasteiger partial charge is 0.478 e. The summed E-state index contributed by atoms with van der Waals surface area (Å²) in [5.74, 6) is -0.275. The second-order valence-electron chi connectivity index (χ2n) is 3.58. The lowest BCUT2D eigenvalue weighted by atomic mass is 10.1. The van der Waals surface area contributed by atoms with E-state index in [9.17, 15) is 4.79 Å². The van der Waals surface area contributed by atoms with E-state index in [0.29, 0.717) is 24.3 Å². The maximum Gasteiger partial charge on any atom is 0.336 e. The van der Waals surface area contributed by atoms with Gasteiger partial charge in [-0.25, -0.2) is 9.78 Å². The van der Waals surface area contributed by atoms with Gasteiger partial charge in [-0.3, -0.25) is 0 Å². The Balaban J connectivity index is 2.57. The summed E-state index contributed by atoms with van der Waals surface area (Å²) in [6.07, 6.45) is 1.59. The van der Waals surface area contributed by atoms with Gasteiger partial charge in [0, 0.05) is 30.1 Å². The van der Waals surface area contributed by atoms with Gasteiger partial charge in [0.05, 0.1) is 5.56 Å². The first-order valence-corrected chi connectivity index (χ1v) is 5.29. The molecule has 0 spiro atoms. The molecule has 0 unspecified atom stereocenters. The number of pyridine rings is 1. The second kappa shape index (κ2) is 4.80. The number of nitrogens with zero attached hydrogens (tertiary/aromatic N) is 1. The molecule has 88 valence electrons. The van der Waals surface area contributed by atoms with Crippen molar-refractivity contribution in [2.24, 2.45) is 5.73 Å². The van der Waals surface area contributed by atoms with E-state index in [4.69, 9.17) is 10.8 Å². The van der Waals surface area contributed by atoms with E-state index in [1.54, 1.807) is 24.4 Å². The van der Waals surface area contributed by atoms with Crippen LogP contribution in [0.2, 0.25) is 0 Å². The van der Waals surface area contributed by atoms with Crippen molar-refractivity contribution in [3.8, 4) is 0 Å². The minimum Gasteiger partial charge on any atom is -0.478 e. The molecular weight excluding hydrogens is 218 g/mol. The molecule has 2 rings (SSSR count). The molecule has 0 amide bonds. The van der Waals surface area contributed by atoms with E-state index in [2.05, 4.69) is 10.3 Å². The van der Waals surface area contributed by atoms with Gasteiger partial charge in [-0.1, -0.05) is 12.1 Å². The molecule has 0 fully saturated rings. The number of nitrogens with one attached hydrogen (secondary N) is 1. The van der Waals surface area contributed by atoms with Crippen LogP contribution in [0.15, 0.2) is 30.5 Å². The van der Waals surface area contributed by atoms with E-state index in [0.717, 1.165) is 5.39 Å². The highest BCUT2D eigenvalue weighted by Crippen LogP contribution is 2.23. The molecule has 0 radical (unpaired) electrons. The van der Waals surface area contributed by atoms with E-state index in [1.807, 2.05) is 6.07 Å². The number of hydrogen-bond acceptors (Lipinski definition) is 4. The third-order valence-electron chi connectivity index (χ3n) is 2.47. The van der Waals surface area contributed by atoms with Crippen molar-refractivity contribution in [2.45, 2.75) is 0 Å². The Morgan fingerprint density at radius 1 is 1.35 bits per heavy atom. The summed E-state index contributed by atoms with van der Waals surface area (Å²) in [7, 11) is 0. The lowest BCUT2D eigenvalue weighted by molar-refractivity contribution is 0.0699. The summed E-state index contributed by atoms with van der Waals surface area (Å²) >= 11 is 0. The Hall–Kier alpha value is -2.14. The maximum absolute atomic E-state index is 11.1. The minimum atomic E-state index is -0.938. The van der Waals surface area contributed by atoms with Crippen LogP contribution in [-0.4, -0.2) is 29.1 Å². The summed E-state index contributed by atoms with van der Waals surface area (Å²) in [5, 5.41) is 13.6. The third-order valence-corrected chi connectivity index (χ3v) is 2.47. The number of nitrogens with two attached hydrogens (primary N) is 1. The smallest absolute Gasteiger partial charge is 0.336 e. The van der Waals surface area contributed by atoms with Crippen LogP contribution < -0.4 is 11.1 Å². The van der Waals surface area contributed by atoms with Crippen LogP contribution in [0.3, 0.4) is 0 Å². The van der Waals surface area contributed by atoms with Crippen LogP contribution >= 0.6 is 0 Å². The molecule has 0 bridgehead atoms. The second-order valence-corrected chi connectivity index (χ2v) is 3.58. The highest BCUT2D eigenvalue weighted by molar-refractivity contribution is 6.06. The van der Waals surface area contributed by atoms with E-state index >= 15 is 0 Å². The van der Waals surface area contributed by atoms with Crippen LogP contribution in [-0.2, 0) is 0 Å². The molecule has 4 N–H and O–H groups in total. The zero-order valence-electron chi connectivity index (χ0n) is 9.18. The van der Waals surface area contributed by atoms with Crippen molar-refractivity contribution in [1.29, 1.82) is 0 Å². The van der Waals surface area contributed by atoms with Gasteiger partial charge in [0.2, 0.25) is 0 Å². The maximum atomic E-state index is 11.1. The lowest BCUT2D eigenvalue weighted by Gasteiger charge is -2.08. The number of fused-ring (bicyclic) bond motifs is 1. The quantitative estimate of drug-likeness (QED) is 0.738. The Kier molecular flexibility index (Phi) is 3.20. The predicted molar refractivity (Wildman–Crippen MR) is 66.2 cm³/mol. The highest BCUT2D eigenvalue weighted by atomic mass is 16.4. The monoisotopic (exact) mass is 231 g/mol. The fourth-order valence-corrected chi connectivity index (χ4v) is 1.73. The number of rotatable bonds is 4. The topological polar surface area (TPSA) is 88.2 Å². The number of aromatic nitrogens is 1. The first-order valence-electron chi connectivity index (χ1n) is 5.29. The van der Waals surface area contributed by atoms with Crippen molar-refractivity contribution in [3.05, 3.63) is 36.0 Å². The molecule has 1 heterocycles. The van der Waals surface area contributed by atoms with Gasteiger partial charge in [-0.05, 0) is 12.1 Å². The van der Waals surface area contributed by atoms with Crippen LogP contribution in [0.25, 0.3) is 10.8 Å². The number of carboxylic acids is 1. The Labute approximate surface area is 98.3 Å². The van der Waals surface area contributed by atoms with Crippen LogP contribution in [0.4, 0.5) is 5.82 Å². The van der Waals surface area contributed by atoms with Gasteiger partial charge in [0.1, 0.15) is 5.82 Å². The average molecular weight is 231 g/mol. The minimum absolute atomic E-state index is 0.278.